The first-order chi connectivity index (χ1) is 10.6. The second kappa shape index (κ2) is 8.17. The first kappa shape index (κ1) is 19.3. The summed E-state index contributed by atoms with van der Waals surface area (Å²) in [7, 11) is 0. The first-order valence-electron chi connectivity index (χ1n) is 8.13. The molecule has 1 saturated heterocycles. The second-order valence-electron chi connectivity index (χ2n) is 7.04. The number of hydrogen-bond donors (Lipinski definition) is 1. The van der Waals surface area contributed by atoms with Crippen molar-refractivity contribution in [3.63, 3.8) is 0 Å². The van der Waals surface area contributed by atoms with E-state index in [1.165, 1.54) is 0 Å². The Kier molecular flexibility index (Phi) is 6.84. The zero-order chi connectivity index (χ0) is 17.6. The molecule has 1 heterocycles. The third kappa shape index (κ3) is 6.88. The molecule has 0 aromatic heterocycles. The van der Waals surface area contributed by atoms with Crippen molar-refractivity contribution in [3.05, 3.63) is 0 Å². The van der Waals surface area contributed by atoms with E-state index in [9.17, 15) is 14.4 Å². The molecular formula is C16H29N3O4. The SMILES string of the molecule is CC(C)C(=O)N1CCN(C(=O)CCNC(=O)OC(C)(C)C)CC1. The van der Waals surface area contributed by atoms with Gasteiger partial charge in [-0.25, -0.2) is 4.79 Å². The average molecular weight is 327 g/mol. The van der Waals surface area contributed by atoms with Crippen molar-refractivity contribution in [2.45, 2.75) is 46.6 Å². The molecule has 3 amide bonds. The molecule has 1 N–H and O–H groups in total. The van der Waals surface area contributed by atoms with Crippen molar-refractivity contribution < 1.29 is 19.1 Å². The Hall–Kier alpha value is -1.79. The Balaban J connectivity index is 2.27. The number of hydrogen-bond acceptors (Lipinski definition) is 4. The number of amides is 3. The molecule has 0 aromatic rings. The van der Waals surface area contributed by atoms with Crippen molar-refractivity contribution in [1.29, 1.82) is 0 Å². The number of nitrogens with one attached hydrogen (secondary N) is 1. The molecule has 7 nitrogen and oxygen atoms in total. The molecule has 0 unspecified atom stereocenters. The van der Waals surface area contributed by atoms with Crippen LogP contribution in [-0.4, -0.2) is 66.0 Å². The Labute approximate surface area is 138 Å². The van der Waals surface area contributed by atoms with E-state index in [0.717, 1.165) is 0 Å². The highest BCUT2D eigenvalue weighted by Crippen LogP contribution is 2.09. The number of rotatable bonds is 4. The van der Waals surface area contributed by atoms with Gasteiger partial charge in [0.1, 0.15) is 5.60 Å². The van der Waals surface area contributed by atoms with E-state index in [2.05, 4.69) is 5.32 Å². The zero-order valence-corrected chi connectivity index (χ0v) is 14.8. The third-order valence-corrected chi connectivity index (χ3v) is 3.45. The maximum absolute atomic E-state index is 12.1. The molecule has 7 heteroatoms. The van der Waals surface area contributed by atoms with Gasteiger partial charge in [-0.2, -0.15) is 0 Å². The highest BCUT2D eigenvalue weighted by atomic mass is 16.6. The summed E-state index contributed by atoms with van der Waals surface area (Å²) >= 11 is 0. The monoisotopic (exact) mass is 327 g/mol. The lowest BCUT2D eigenvalue weighted by molar-refractivity contribution is -0.141. The molecule has 0 bridgehead atoms. The molecule has 0 aromatic carbocycles. The van der Waals surface area contributed by atoms with Crippen molar-refractivity contribution in [2.24, 2.45) is 5.92 Å². The Morgan fingerprint density at radius 1 is 1.04 bits per heavy atom. The predicted molar refractivity (Wildman–Crippen MR) is 86.9 cm³/mol. The van der Waals surface area contributed by atoms with E-state index in [-0.39, 0.29) is 30.7 Å². The summed E-state index contributed by atoms with van der Waals surface area (Å²) in [6.45, 7) is 11.6. The fourth-order valence-corrected chi connectivity index (χ4v) is 2.29. The van der Waals surface area contributed by atoms with Crippen molar-refractivity contribution in [3.8, 4) is 0 Å². The molecule has 0 radical (unpaired) electrons. The molecule has 0 aliphatic carbocycles. The van der Waals surface area contributed by atoms with Crippen LogP contribution in [0.3, 0.4) is 0 Å². The molecule has 0 saturated carbocycles. The molecule has 132 valence electrons. The van der Waals surface area contributed by atoms with Crippen LogP contribution in [0.5, 0.6) is 0 Å². The largest absolute Gasteiger partial charge is 0.444 e. The lowest BCUT2D eigenvalue weighted by Crippen LogP contribution is -2.51. The van der Waals surface area contributed by atoms with Crippen molar-refractivity contribution >= 4 is 17.9 Å². The van der Waals surface area contributed by atoms with Crippen LogP contribution in [-0.2, 0) is 14.3 Å². The van der Waals surface area contributed by atoms with Gasteiger partial charge in [0, 0.05) is 45.1 Å². The van der Waals surface area contributed by atoms with E-state index in [1.54, 1.807) is 30.6 Å². The van der Waals surface area contributed by atoms with Gasteiger partial charge in [-0.15, -0.1) is 0 Å². The second-order valence-corrected chi connectivity index (χ2v) is 7.04. The quantitative estimate of drug-likeness (QED) is 0.842. The van der Waals surface area contributed by atoms with Crippen LogP contribution in [0.25, 0.3) is 0 Å². The number of nitrogens with zero attached hydrogens (tertiary/aromatic N) is 2. The van der Waals surface area contributed by atoms with Gasteiger partial charge in [-0.05, 0) is 20.8 Å². The summed E-state index contributed by atoms with van der Waals surface area (Å²) in [5.41, 5.74) is -0.548. The first-order valence-corrected chi connectivity index (χ1v) is 8.13. The van der Waals surface area contributed by atoms with Crippen molar-refractivity contribution in [1.82, 2.24) is 15.1 Å². The maximum atomic E-state index is 12.1. The molecule has 1 aliphatic rings. The fraction of sp³-hybridized carbons (Fsp3) is 0.812. The normalized spacial score (nSPS) is 15.6. The molecular weight excluding hydrogens is 298 g/mol. The van der Waals surface area contributed by atoms with Gasteiger partial charge in [0.2, 0.25) is 11.8 Å². The summed E-state index contributed by atoms with van der Waals surface area (Å²) < 4.78 is 5.11. The summed E-state index contributed by atoms with van der Waals surface area (Å²) in [6, 6.07) is 0. The Bertz CT molecular complexity index is 435. The number of alkyl carbamates (subject to hydrolysis) is 1. The van der Waals surface area contributed by atoms with E-state index in [0.29, 0.717) is 26.2 Å². The molecule has 0 spiro atoms. The van der Waals surface area contributed by atoms with Gasteiger partial charge < -0.3 is 19.9 Å². The van der Waals surface area contributed by atoms with Crippen LogP contribution in [0.1, 0.15) is 41.0 Å². The van der Waals surface area contributed by atoms with Crippen LogP contribution < -0.4 is 5.32 Å². The standard InChI is InChI=1S/C16H29N3O4/c1-12(2)14(21)19-10-8-18(9-11-19)13(20)6-7-17-15(22)23-16(3,4)5/h12H,6-11H2,1-5H3,(H,17,22). The number of ether oxygens (including phenoxy) is 1. The molecule has 23 heavy (non-hydrogen) atoms. The van der Waals surface area contributed by atoms with Gasteiger partial charge in [-0.3, -0.25) is 9.59 Å². The average Bonchev–Trinajstić information content (AvgIpc) is 2.44. The van der Waals surface area contributed by atoms with Crippen LogP contribution in [0, 0.1) is 5.92 Å². The van der Waals surface area contributed by atoms with Crippen molar-refractivity contribution in [2.75, 3.05) is 32.7 Å². The lowest BCUT2D eigenvalue weighted by Gasteiger charge is -2.35. The number of carbonyl (C=O) groups is 3. The van der Waals surface area contributed by atoms with Gasteiger partial charge in [0.15, 0.2) is 0 Å². The van der Waals surface area contributed by atoms with Crippen LogP contribution in [0.2, 0.25) is 0 Å². The smallest absolute Gasteiger partial charge is 0.407 e. The highest BCUT2D eigenvalue weighted by Gasteiger charge is 2.25. The molecule has 1 aliphatic heterocycles. The zero-order valence-electron chi connectivity index (χ0n) is 14.8. The summed E-state index contributed by atoms with van der Waals surface area (Å²) in [5, 5.41) is 2.58. The van der Waals surface area contributed by atoms with Crippen LogP contribution in [0.4, 0.5) is 4.79 Å². The van der Waals surface area contributed by atoms with E-state index in [1.807, 2.05) is 13.8 Å². The Morgan fingerprint density at radius 2 is 1.57 bits per heavy atom. The van der Waals surface area contributed by atoms with E-state index in [4.69, 9.17) is 4.74 Å². The topological polar surface area (TPSA) is 79.0 Å². The predicted octanol–water partition coefficient (Wildman–Crippen LogP) is 1.23. The maximum Gasteiger partial charge on any atom is 0.407 e. The van der Waals surface area contributed by atoms with Gasteiger partial charge in [0.25, 0.3) is 0 Å². The molecule has 1 fully saturated rings. The van der Waals surface area contributed by atoms with Crippen LogP contribution in [0.15, 0.2) is 0 Å². The third-order valence-electron chi connectivity index (χ3n) is 3.45. The number of carbonyl (C=O) groups excluding carboxylic acids is 3. The lowest BCUT2D eigenvalue weighted by atomic mass is 10.1. The van der Waals surface area contributed by atoms with Gasteiger partial charge in [-0.1, -0.05) is 13.8 Å². The summed E-state index contributed by atoms with van der Waals surface area (Å²) in [6.07, 6.45) is -0.283. The molecule has 0 atom stereocenters. The van der Waals surface area contributed by atoms with Gasteiger partial charge in [0.05, 0.1) is 0 Å². The van der Waals surface area contributed by atoms with E-state index < -0.39 is 11.7 Å². The van der Waals surface area contributed by atoms with Gasteiger partial charge >= 0.3 is 6.09 Å². The minimum atomic E-state index is -0.548. The molecule has 1 rings (SSSR count). The van der Waals surface area contributed by atoms with E-state index >= 15 is 0 Å². The minimum absolute atomic E-state index is 0.0160. The number of piperazine rings is 1. The highest BCUT2D eigenvalue weighted by molar-refractivity contribution is 5.80. The minimum Gasteiger partial charge on any atom is -0.444 e. The summed E-state index contributed by atoms with van der Waals surface area (Å²) in [4.78, 5) is 39.0. The Morgan fingerprint density at radius 3 is 2.04 bits per heavy atom. The summed E-state index contributed by atoms with van der Waals surface area (Å²) in [5.74, 6) is 0.0941. The van der Waals surface area contributed by atoms with Crippen LogP contribution >= 0.6 is 0 Å². The fourth-order valence-electron chi connectivity index (χ4n) is 2.29.